The second kappa shape index (κ2) is 6.22. The molecule has 1 heterocycles. The minimum atomic E-state index is -0.0325. The van der Waals surface area contributed by atoms with E-state index in [2.05, 4.69) is 34.6 Å². The van der Waals surface area contributed by atoms with Crippen molar-refractivity contribution in [2.75, 3.05) is 13.6 Å². The zero-order valence-corrected chi connectivity index (χ0v) is 10.0. The van der Waals surface area contributed by atoms with Gasteiger partial charge >= 0.3 is 0 Å². The van der Waals surface area contributed by atoms with E-state index in [9.17, 15) is 4.79 Å². The van der Waals surface area contributed by atoms with E-state index in [-0.39, 0.29) is 5.91 Å². The van der Waals surface area contributed by atoms with E-state index >= 15 is 0 Å². The summed E-state index contributed by atoms with van der Waals surface area (Å²) in [5.74, 6) is 1.35. The molecular weight excluding hydrogens is 206 g/mol. The van der Waals surface area contributed by atoms with Crippen molar-refractivity contribution in [3.8, 4) is 0 Å². The van der Waals surface area contributed by atoms with E-state index < -0.39 is 0 Å². The first-order valence-electron chi connectivity index (χ1n) is 5.41. The molecule has 1 aromatic heterocycles. The first-order valence-corrected chi connectivity index (χ1v) is 5.41. The number of aromatic nitrogens is 3. The molecule has 0 fully saturated rings. The van der Waals surface area contributed by atoms with Crippen molar-refractivity contribution in [1.82, 2.24) is 25.4 Å². The number of carbonyl (C=O) groups excluding carboxylic acids is 1. The van der Waals surface area contributed by atoms with Gasteiger partial charge in [0.2, 0.25) is 5.91 Å². The first-order chi connectivity index (χ1) is 7.63. The van der Waals surface area contributed by atoms with E-state index in [1.807, 2.05) is 4.68 Å². The molecule has 0 bridgehead atoms. The van der Waals surface area contributed by atoms with Crippen LogP contribution >= 0.6 is 0 Å². The van der Waals surface area contributed by atoms with Crippen molar-refractivity contribution in [3.63, 3.8) is 0 Å². The number of rotatable bonds is 6. The van der Waals surface area contributed by atoms with Gasteiger partial charge in [0.05, 0.1) is 13.1 Å². The second-order valence-electron chi connectivity index (χ2n) is 4.03. The van der Waals surface area contributed by atoms with Crippen LogP contribution in [-0.4, -0.2) is 34.3 Å². The van der Waals surface area contributed by atoms with Crippen molar-refractivity contribution in [3.05, 3.63) is 12.2 Å². The Labute approximate surface area is 95.4 Å². The molecule has 1 rings (SSSR count). The maximum Gasteiger partial charge on any atom is 0.233 e. The predicted molar refractivity (Wildman–Crippen MR) is 60.6 cm³/mol. The highest BCUT2D eigenvalue weighted by atomic mass is 16.1. The van der Waals surface area contributed by atoms with Gasteiger partial charge < -0.3 is 10.6 Å². The van der Waals surface area contributed by atoms with Gasteiger partial charge in [-0.15, -0.1) is 0 Å². The zero-order chi connectivity index (χ0) is 12.0. The van der Waals surface area contributed by atoms with Crippen LogP contribution in [0.1, 0.15) is 19.7 Å². The molecule has 6 heteroatoms. The molecule has 0 aliphatic heterocycles. The maximum absolute atomic E-state index is 11.0. The first kappa shape index (κ1) is 12.6. The smallest absolute Gasteiger partial charge is 0.233 e. The van der Waals surface area contributed by atoms with Crippen molar-refractivity contribution in [2.24, 2.45) is 5.92 Å². The van der Waals surface area contributed by atoms with Gasteiger partial charge in [-0.3, -0.25) is 4.79 Å². The zero-order valence-electron chi connectivity index (χ0n) is 10.0. The highest BCUT2D eigenvalue weighted by molar-refractivity contribution is 5.77. The van der Waals surface area contributed by atoms with Gasteiger partial charge in [-0.25, -0.2) is 9.67 Å². The lowest BCUT2D eigenvalue weighted by atomic mass is 10.2. The lowest BCUT2D eigenvalue weighted by Gasteiger charge is -2.08. The SMILES string of the molecule is CNC(=O)CNCc1ncnn1CC(C)C. The van der Waals surface area contributed by atoms with Crippen LogP contribution in [0.2, 0.25) is 0 Å². The normalized spacial score (nSPS) is 10.8. The van der Waals surface area contributed by atoms with E-state index in [0.29, 0.717) is 19.0 Å². The Balaban J connectivity index is 2.41. The largest absolute Gasteiger partial charge is 0.358 e. The van der Waals surface area contributed by atoms with Crippen LogP contribution < -0.4 is 10.6 Å². The third kappa shape index (κ3) is 3.98. The molecule has 0 saturated heterocycles. The Kier molecular flexibility index (Phi) is 4.91. The van der Waals surface area contributed by atoms with E-state index in [1.165, 1.54) is 0 Å². The number of nitrogens with one attached hydrogen (secondary N) is 2. The molecule has 16 heavy (non-hydrogen) atoms. The summed E-state index contributed by atoms with van der Waals surface area (Å²) < 4.78 is 1.86. The van der Waals surface area contributed by atoms with Crippen molar-refractivity contribution in [2.45, 2.75) is 26.9 Å². The standard InChI is InChI=1S/C10H19N5O/c1-8(2)6-15-9(13-7-14-15)4-12-5-10(16)11-3/h7-8,12H,4-6H2,1-3H3,(H,11,16). The molecule has 1 aromatic rings. The van der Waals surface area contributed by atoms with Crippen molar-refractivity contribution < 1.29 is 4.79 Å². The summed E-state index contributed by atoms with van der Waals surface area (Å²) in [5.41, 5.74) is 0. The van der Waals surface area contributed by atoms with Crippen molar-refractivity contribution >= 4 is 5.91 Å². The number of hydrogen-bond acceptors (Lipinski definition) is 4. The molecule has 90 valence electrons. The molecule has 0 aliphatic rings. The van der Waals surface area contributed by atoms with Gasteiger partial charge in [-0.2, -0.15) is 5.10 Å². The summed E-state index contributed by atoms with van der Waals surface area (Å²) in [6.45, 7) is 5.95. The molecular formula is C10H19N5O. The Morgan fingerprint density at radius 3 is 2.94 bits per heavy atom. The van der Waals surface area contributed by atoms with Crippen LogP contribution in [0.5, 0.6) is 0 Å². The Bertz CT molecular complexity index is 334. The lowest BCUT2D eigenvalue weighted by Crippen LogP contribution is -2.31. The third-order valence-corrected chi connectivity index (χ3v) is 2.08. The molecule has 0 aliphatic carbocycles. The molecule has 0 aromatic carbocycles. The molecule has 0 unspecified atom stereocenters. The van der Waals surface area contributed by atoms with Crippen LogP contribution in [0.3, 0.4) is 0 Å². The van der Waals surface area contributed by atoms with Gasteiger partial charge in [0, 0.05) is 13.6 Å². The molecule has 2 N–H and O–H groups in total. The lowest BCUT2D eigenvalue weighted by molar-refractivity contribution is -0.119. The summed E-state index contributed by atoms with van der Waals surface area (Å²) >= 11 is 0. The van der Waals surface area contributed by atoms with Crippen LogP contribution in [0.4, 0.5) is 0 Å². The van der Waals surface area contributed by atoms with Crippen LogP contribution in [0.25, 0.3) is 0 Å². The van der Waals surface area contributed by atoms with Crippen molar-refractivity contribution in [1.29, 1.82) is 0 Å². The molecule has 1 amide bonds. The fourth-order valence-corrected chi connectivity index (χ4v) is 1.30. The number of likely N-dealkylation sites (N-methyl/N-ethyl adjacent to an activating group) is 1. The van der Waals surface area contributed by atoms with Gasteiger partial charge in [0.25, 0.3) is 0 Å². The molecule has 6 nitrogen and oxygen atoms in total. The number of amides is 1. The highest BCUT2D eigenvalue weighted by Crippen LogP contribution is 2.00. The number of nitrogens with zero attached hydrogens (tertiary/aromatic N) is 3. The quantitative estimate of drug-likeness (QED) is 0.701. The van der Waals surface area contributed by atoms with Crippen LogP contribution in [0.15, 0.2) is 6.33 Å². The van der Waals surface area contributed by atoms with Crippen LogP contribution in [0, 0.1) is 5.92 Å². The molecule has 0 atom stereocenters. The predicted octanol–water partition coefficient (Wildman–Crippen LogP) is -0.230. The average molecular weight is 225 g/mol. The monoisotopic (exact) mass is 225 g/mol. The second-order valence-corrected chi connectivity index (χ2v) is 4.03. The Morgan fingerprint density at radius 2 is 2.31 bits per heavy atom. The van der Waals surface area contributed by atoms with E-state index in [4.69, 9.17) is 0 Å². The van der Waals surface area contributed by atoms with Crippen LogP contribution in [-0.2, 0) is 17.9 Å². The molecule has 0 spiro atoms. The molecule has 0 radical (unpaired) electrons. The number of carbonyl (C=O) groups is 1. The summed E-state index contributed by atoms with van der Waals surface area (Å²) in [4.78, 5) is 15.1. The van der Waals surface area contributed by atoms with Gasteiger partial charge in [-0.05, 0) is 5.92 Å². The number of hydrogen-bond donors (Lipinski definition) is 2. The summed E-state index contributed by atoms with van der Waals surface area (Å²) in [6, 6.07) is 0. The summed E-state index contributed by atoms with van der Waals surface area (Å²) in [6.07, 6.45) is 1.54. The summed E-state index contributed by atoms with van der Waals surface area (Å²) in [5, 5.41) is 9.70. The van der Waals surface area contributed by atoms with E-state index in [1.54, 1.807) is 13.4 Å². The molecule has 0 saturated carbocycles. The van der Waals surface area contributed by atoms with E-state index in [0.717, 1.165) is 12.4 Å². The topological polar surface area (TPSA) is 71.8 Å². The summed E-state index contributed by atoms with van der Waals surface area (Å²) in [7, 11) is 1.62. The Hall–Kier alpha value is -1.43. The van der Waals surface area contributed by atoms with Gasteiger partial charge in [0.15, 0.2) is 0 Å². The Morgan fingerprint density at radius 1 is 1.56 bits per heavy atom. The minimum absolute atomic E-state index is 0.0325. The minimum Gasteiger partial charge on any atom is -0.358 e. The van der Waals surface area contributed by atoms with Gasteiger partial charge in [0.1, 0.15) is 12.2 Å². The maximum atomic E-state index is 11.0. The highest BCUT2D eigenvalue weighted by Gasteiger charge is 2.06. The average Bonchev–Trinajstić information content (AvgIpc) is 2.64. The fourth-order valence-electron chi connectivity index (χ4n) is 1.30. The fraction of sp³-hybridized carbons (Fsp3) is 0.700. The third-order valence-electron chi connectivity index (χ3n) is 2.08. The van der Waals surface area contributed by atoms with Gasteiger partial charge in [-0.1, -0.05) is 13.8 Å².